The topological polar surface area (TPSA) is 40.7 Å². The van der Waals surface area contributed by atoms with Crippen LogP contribution < -0.4 is 10.6 Å². The van der Waals surface area contributed by atoms with E-state index in [0.29, 0.717) is 0 Å². The van der Waals surface area contributed by atoms with Crippen LogP contribution in [0, 0.1) is 6.92 Å². The summed E-state index contributed by atoms with van der Waals surface area (Å²) in [7, 11) is -1.32. The normalized spacial score (nSPS) is 11.5. The number of rotatable bonds is 3. The number of nitrogens with one attached hydrogen (secondary N) is 2. The Labute approximate surface area is 103 Å². The number of benzene rings is 1. The highest BCUT2D eigenvalue weighted by Crippen LogP contribution is 2.14. The van der Waals surface area contributed by atoms with Gasteiger partial charge < -0.3 is 5.32 Å². The Bertz CT molecular complexity index is 494. The molecule has 0 saturated carbocycles. The summed E-state index contributed by atoms with van der Waals surface area (Å²) in [5.41, 5.74) is 2.35. The molecule has 90 valence electrons. The first-order chi connectivity index (χ1) is 7.95. The molecule has 17 heavy (non-hydrogen) atoms. The van der Waals surface area contributed by atoms with E-state index >= 15 is 0 Å². The Hall–Kier alpha value is -1.55. The molecular formula is C13H19N3Si. The lowest BCUT2D eigenvalue weighted by molar-refractivity contribution is 1.11. The van der Waals surface area contributed by atoms with E-state index in [1.807, 2.05) is 0 Å². The lowest BCUT2D eigenvalue weighted by Gasteiger charge is -2.10. The zero-order valence-corrected chi connectivity index (χ0v) is 11.8. The molecule has 0 unspecified atom stereocenters. The van der Waals surface area contributed by atoms with Crippen LogP contribution in [0.5, 0.6) is 0 Å². The fraction of sp³-hybridized carbons (Fsp3) is 0.308. The van der Waals surface area contributed by atoms with Gasteiger partial charge in [0.2, 0.25) is 0 Å². The summed E-state index contributed by atoms with van der Waals surface area (Å²) < 4.78 is 0. The van der Waals surface area contributed by atoms with Crippen molar-refractivity contribution in [3.05, 3.63) is 35.9 Å². The molecule has 2 aromatic rings. The van der Waals surface area contributed by atoms with Crippen LogP contribution in [-0.2, 0) is 0 Å². The maximum atomic E-state index is 4.38. The van der Waals surface area contributed by atoms with Gasteiger partial charge >= 0.3 is 0 Å². The first-order valence-electron chi connectivity index (χ1n) is 5.85. The number of H-pyrrole nitrogens is 1. The van der Waals surface area contributed by atoms with E-state index < -0.39 is 8.07 Å². The van der Waals surface area contributed by atoms with Crippen molar-refractivity contribution < 1.29 is 0 Å². The second-order valence-electron chi connectivity index (χ2n) is 5.41. The van der Waals surface area contributed by atoms with Gasteiger partial charge in [-0.2, -0.15) is 5.10 Å². The molecule has 1 heterocycles. The molecule has 0 aliphatic heterocycles. The predicted octanol–water partition coefficient (Wildman–Crippen LogP) is 3.01. The molecule has 3 nitrogen and oxygen atoms in total. The summed E-state index contributed by atoms with van der Waals surface area (Å²) in [6.45, 7) is 8.96. The molecule has 0 fully saturated rings. The highest BCUT2D eigenvalue weighted by atomic mass is 28.3. The number of aryl methyl sites for hydroxylation is 1. The first-order valence-corrected chi connectivity index (χ1v) is 9.35. The lowest BCUT2D eigenvalue weighted by Crippen LogP contribution is -2.38. The van der Waals surface area contributed by atoms with Crippen molar-refractivity contribution in [1.29, 1.82) is 0 Å². The van der Waals surface area contributed by atoms with Gasteiger partial charge in [0.05, 0.1) is 0 Å². The molecule has 0 bridgehead atoms. The third-order valence-electron chi connectivity index (χ3n) is 2.68. The second kappa shape index (κ2) is 4.37. The van der Waals surface area contributed by atoms with Crippen molar-refractivity contribution >= 4 is 24.9 Å². The van der Waals surface area contributed by atoms with E-state index in [-0.39, 0.29) is 0 Å². The monoisotopic (exact) mass is 245 g/mol. The minimum absolute atomic E-state index is 0.964. The Morgan fingerprint density at radius 1 is 1.12 bits per heavy atom. The zero-order valence-electron chi connectivity index (χ0n) is 10.8. The summed E-state index contributed by atoms with van der Waals surface area (Å²) in [5, 5.41) is 12.0. The molecule has 4 heteroatoms. The number of hydrogen-bond donors (Lipinski definition) is 2. The Balaban J connectivity index is 2.14. The van der Waals surface area contributed by atoms with Crippen LogP contribution in [0.3, 0.4) is 0 Å². The maximum absolute atomic E-state index is 4.38. The van der Waals surface area contributed by atoms with Gasteiger partial charge in [-0.1, -0.05) is 37.3 Å². The van der Waals surface area contributed by atoms with Gasteiger partial charge in [-0.05, 0) is 25.1 Å². The number of anilines is 2. The third-order valence-corrected chi connectivity index (χ3v) is 4.47. The van der Waals surface area contributed by atoms with Crippen molar-refractivity contribution in [3.63, 3.8) is 0 Å². The van der Waals surface area contributed by atoms with Crippen LogP contribution in [0.1, 0.15) is 5.56 Å². The van der Waals surface area contributed by atoms with Crippen LogP contribution in [0.15, 0.2) is 30.3 Å². The third kappa shape index (κ3) is 2.97. The standard InChI is InChI=1S/C13H19N3Si/c1-10-5-7-11(8-6-10)14-12-9-13(16-15-12)17(2,3)4/h5-9H,1-4H3,(H2,14,15,16). The van der Waals surface area contributed by atoms with E-state index in [2.05, 4.69) is 72.4 Å². The van der Waals surface area contributed by atoms with Crippen molar-refractivity contribution in [3.8, 4) is 0 Å². The molecule has 1 aromatic carbocycles. The summed E-state index contributed by atoms with van der Waals surface area (Å²) in [6, 6.07) is 10.5. The average molecular weight is 245 g/mol. The summed E-state index contributed by atoms with van der Waals surface area (Å²) in [6.07, 6.45) is 0. The fourth-order valence-electron chi connectivity index (χ4n) is 1.56. The number of aromatic amines is 1. The molecule has 0 atom stereocenters. The maximum Gasteiger partial charge on any atom is 0.125 e. The molecule has 0 saturated heterocycles. The Kier molecular flexibility index (Phi) is 3.06. The molecule has 2 rings (SSSR count). The van der Waals surface area contributed by atoms with Gasteiger partial charge in [0, 0.05) is 11.0 Å². The summed E-state index contributed by atoms with van der Waals surface area (Å²) in [5.74, 6) is 0.964. The minimum atomic E-state index is -1.32. The fourth-order valence-corrected chi connectivity index (χ4v) is 2.53. The number of aromatic nitrogens is 2. The average Bonchev–Trinajstić information content (AvgIpc) is 2.69. The van der Waals surface area contributed by atoms with Gasteiger partial charge in [-0.3, -0.25) is 5.10 Å². The van der Waals surface area contributed by atoms with Gasteiger partial charge in [-0.15, -0.1) is 0 Å². The molecule has 0 radical (unpaired) electrons. The van der Waals surface area contributed by atoms with Crippen LogP contribution in [0.4, 0.5) is 11.5 Å². The van der Waals surface area contributed by atoms with Crippen LogP contribution in [0.2, 0.25) is 19.6 Å². The van der Waals surface area contributed by atoms with E-state index in [1.165, 1.54) is 10.9 Å². The second-order valence-corrected chi connectivity index (χ2v) is 10.4. The van der Waals surface area contributed by atoms with E-state index in [0.717, 1.165) is 11.5 Å². The molecule has 0 aliphatic carbocycles. The molecule has 2 N–H and O–H groups in total. The van der Waals surface area contributed by atoms with Crippen molar-refractivity contribution in [2.45, 2.75) is 26.6 Å². The van der Waals surface area contributed by atoms with Crippen LogP contribution in [-0.4, -0.2) is 18.3 Å². The van der Waals surface area contributed by atoms with E-state index in [9.17, 15) is 0 Å². The number of hydrogen-bond acceptors (Lipinski definition) is 2. The van der Waals surface area contributed by atoms with Crippen molar-refractivity contribution in [2.24, 2.45) is 0 Å². The largest absolute Gasteiger partial charge is 0.341 e. The first kappa shape index (κ1) is 11.9. The zero-order chi connectivity index (χ0) is 12.5. The predicted molar refractivity (Wildman–Crippen MR) is 76.0 cm³/mol. The highest BCUT2D eigenvalue weighted by molar-refractivity contribution is 6.88. The van der Waals surface area contributed by atoms with E-state index in [4.69, 9.17) is 0 Å². The van der Waals surface area contributed by atoms with Crippen molar-refractivity contribution in [2.75, 3.05) is 5.32 Å². The molecule has 0 spiro atoms. The van der Waals surface area contributed by atoms with Gasteiger partial charge in [0.1, 0.15) is 13.9 Å². The molecule has 0 amide bonds. The lowest BCUT2D eigenvalue weighted by atomic mass is 10.2. The van der Waals surface area contributed by atoms with Crippen molar-refractivity contribution in [1.82, 2.24) is 10.2 Å². The molecule has 1 aromatic heterocycles. The van der Waals surface area contributed by atoms with Gasteiger partial charge in [0.25, 0.3) is 0 Å². The summed E-state index contributed by atoms with van der Waals surface area (Å²) in [4.78, 5) is 0. The van der Waals surface area contributed by atoms with Crippen LogP contribution in [0.25, 0.3) is 0 Å². The molecular weight excluding hydrogens is 226 g/mol. The Morgan fingerprint density at radius 3 is 2.29 bits per heavy atom. The SMILES string of the molecule is Cc1ccc(Nc2cc([Si](C)(C)C)n[nH]2)cc1. The van der Waals surface area contributed by atoms with Gasteiger partial charge in [0.15, 0.2) is 0 Å². The van der Waals surface area contributed by atoms with Gasteiger partial charge in [-0.25, -0.2) is 0 Å². The highest BCUT2D eigenvalue weighted by Gasteiger charge is 2.19. The Morgan fingerprint density at radius 2 is 1.76 bits per heavy atom. The van der Waals surface area contributed by atoms with E-state index in [1.54, 1.807) is 0 Å². The number of nitrogens with zero attached hydrogens (tertiary/aromatic N) is 1. The quantitative estimate of drug-likeness (QED) is 0.816. The molecule has 0 aliphatic rings. The smallest absolute Gasteiger partial charge is 0.125 e. The minimum Gasteiger partial charge on any atom is -0.341 e. The van der Waals surface area contributed by atoms with Crippen LogP contribution >= 0.6 is 0 Å². The summed E-state index contributed by atoms with van der Waals surface area (Å²) >= 11 is 0.